The van der Waals surface area contributed by atoms with E-state index in [0.29, 0.717) is 24.8 Å². The molecule has 2 rings (SSSR count). The third-order valence-electron chi connectivity index (χ3n) is 2.89. The van der Waals surface area contributed by atoms with Crippen LogP contribution in [0.3, 0.4) is 0 Å². The first-order chi connectivity index (χ1) is 7.91. The molecule has 0 aliphatic heterocycles. The van der Waals surface area contributed by atoms with Crippen LogP contribution in [0.15, 0.2) is 23.1 Å². The van der Waals surface area contributed by atoms with Crippen molar-refractivity contribution in [2.24, 2.45) is 0 Å². The summed E-state index contributed by atoms with van der Waals surface area (Å²) in [6.45, 7) is 0. The average molecular weight is 258 g/mol. The summed E-state index contributed by atoms with van der Waals surface area (Å²) in [5.74, 6) is -1.92. The molecule has 1 aromatic carbocycles. The van der Waals surface area contributed by atoms with E-state index in [1.165, 1.54) is 12.1 Å². The number of rotatable bonds is 2. The molecule has 0 fully saturated rings. The van der Waals surface area contributed by atoms with Gasteiger partial charge in [-0.3, -0.25) is 0 Å². The molecule has 0 atom stereocenters. The fourth-order valence-electron chi connectivity index (χ4n) is 2.15. The molecule has 0 unspecified atom stereocenters. The Labute approximate surface area is 98.9 Å². The summed E-state index contributed by atoms with van der Waals surface area (Å²) in [5.41, 5.74) is 0.493. The maximum absolute atomic E-state index is 13.6. The van der Waals surface area contributed by atoms with E-state index in [4.69, 9.17) is 0 Å². The average Bonchev–Trinajstić information content (AvgIpc) is 2.70. The minimum atomic E-state index is -3.34. The van der Waals surface area contributed by atoms with Gasteiger partial charge in [0.15, 0.2) is 21.5 Å². The highest BCUT2D eigenvalue weighted by atomic mass is 32.2. The quantitative estimate of drug-likeness (QED) is 0.817. The molecule has 0 amide bonds. The highest BCUT2D eigenvalue weighted by molar-refractivity contribution is 7.94. The minimum absolute atomic E-state index is 0.0722. The van der Waals surface area contributed by atoms with Crippen LogP contribution in [0.2, 0.25) is 0 Å². The van der Waals surface area contributed by atoms with E-state index in [1.807, 2.05) is 0 Å². The Kier molecular flexibility index (Phi) is 3.03. The number of halogens is 2. The smallest absolute Gasteiger partial charge is 0.172 e. The largest absolute Gasteiger partial charge is 0.224 e. The Morgan fingerprint density at radius 2 is 1.88 bits per heavy atom. The number of sulfone groups is 1. The van der Waals surface area contributed by atoms with Gasteiger partial charge in [-0.1, -0.05) is 12.1 Å². The molecular formula is C12H12F2O2S. The van der Waals surface area contributed by atoms with E-state index in [-0.39, 0.29) is 10.5 Å². The number of benzene rings is 1. The van der Waals surface area contributed by atoms with Gasteiger partial charge in [0, 0.05) is 16.7 Å². The Morgan fingerprint density at radius 1 is 1.18 bits per heavy atom. The lowest BCUT2D eigenvalue weighted by Crippen LogP contribution is -2.02. The summed E-state index contributed by atoms with van der Waals surface area (Å²) >= 11 is 0. The van der Waals surface area contributed by atoms with Crippen LogP contribution in [0.5, 0.6) is 0 Å². The molecule has 2 nitrogen and oxygen atoms in total. The van der Waals surface area contributed by atoms with Crippen molar-refractivity contribution >= 4 is 15.4 Å². The van der Waals surface area contributed by atoms with Crippen molar-refractivity contribution in [3.8, 4) is 0 Å². The van der Waals surface area contributed by atoms with E-state index < -0.39 is 21.5 Å². The van der Waals surface area contributed by atoms with E-state index in [1.54, 1.807) is 0 Å². The van der Waals surface area contributed by atoms with Crippen molar-refractivity contribution in [3.63, 3.8) is 0 Å². The first-order valence-electron chi connectivity index (χ1n) is 5.27. The first kappa shape index (κ1) is 12.2. The highest BCUT2D eigenvalue weighted by Crippen LogP contribution is 2.37. The second-order valence-electron chi connectivity index (χ2n) is 4.13. The van der Waals surface area contributed by atoms with Crippen molar-refractivity contribution in [2.45, 2.75) is 19.3 Å². The summed E-state index contributed by atoms with van der Waals surface area (Å²) in [4.78, 5) is 0.238. The third kappa shape index (κ3) is 2.24. The summed E-state index contributed by atoms with van der Waals surface area (Å²) < 4.78 is 49.8. The second kappa shape index (κ2) is 4.22. The SMILES string of the molecule is CS(=O)(=O)C1=C(c2cccc(F)c2F)CCC1. The predicted octanol–water partition coefficient (Wildman–Crippen LogP) is 2.90. The molecule has 0 saturated carbocycles. The Hall–Kier alpha value is -1.23. The molecular weight excluding hydrogens is 246 g/mol. The van der Waals surface area contributed by atoms with Crippen molar-refractivity contribution < 1.29 is 17.2 Å². The lowest BCUT2D eigenvalue weighted by atomic mass is 10.0. The molecule has 1 aromatic rings. The summed E-state index contributed by atoms with van der Waals surface area (Å²) in [6.07, 6.45) is 2.64. The first-order valence-corrected chi connectivity index (χ1v) is 7.17. The molecule has 0 radical (unpaired) electrons. The van der Waals surface area contributed by atoms with Crippen molar-refractivity contribution in [1.82, 2.24) is 0 Å². The third-order valence-corrected chi connectivity index (χ3v) is 4.24. The summed E-state index contributed by atoms with van der Waals surface area (Å²) in [7, 11) is -3.34. The molecule has 5 heteroatoms. The normalized spacial score (nSPS) is 16.6. The molecule has 0 aromatic heterocycles. The zero-order chi connectivity index (χ0) is 12.6. The van der Waals surface area contributed by atoms with Crippen LogP contribution >= 0.6 is 0 Å². The second-order valence-corrected chi connectivity index (χ2v) is 6.17. The van der Waals surface area contributed by atoms with Crippen LogP contribution in [-0.4, -0.2) is 14.7 Å². The topological polar surface area (TPSA) is 34.1 Å². The van der Waals surface area contributed by atoms with Crippen molar-refractivity contribution in [2.75, 3.05) is 6.26 Å². The van der Waals surface area contributed by atoms with Crippen molar-refractivity contribution in [1.29, 1.82) is 0 Å². The van der Waals surface area contributed by atoms with Gasteiger partial charge in [0.2, 0.25) is 0 Å². The molecule has 0 spiro atoms. The van der Waals surface area contributed by atoms with Crippen LogP contribution < -0.4 is 0 Å². The van der Waals surface area contributed by atoms with Gasteiger partial charge in [0.05, 0.1) is 0 Å². The molecule has 0 bridgehead atoms. The van der Waals surface area contributed by atoms with E-state index in [0.717, 1.165) is 12.3 Å². The molecule has 17 heavy (non-hydrogen) atoms. The molecule has 92 valence electrons. The Bertz CT molecular complexity index is 589. The monoisotopic (exact) mass is 258 g/mol. The van der Waals surface area contributed by atoms with Gasteiger partial charge in [-0.2, -0.15) is 0 Å². The Balaban J connectivity index is 2.64. The molecule has 1 aliphatic carbocycles. The van der Waals surface area contributed by atoms with E-state index in [2.05, 4.69) is 0 Å². The van der Waals surface area contributed by atoms with Gasteiger partial charge in [0.1, 0.15) is 0 Å². The minimum Gasteiger partial charge on any atom is -0.224 e. The van der Waals surface area contributed by atoms with Gasteiger partial charge < -0.3 is 0 Å². The van der Waals surface area contributed by atoms with Gasteiger partial charge in [0.25, 0.3) is 0 Å². The predicted molar refractivity (Wildman–Crippen MR) is 62.0 cm³/mol. The summed E-state index contributed by atoms with van der Waals surface area (Å²) in [6, 6.07) is 3.83. The van der Waals surface area contributed by atoms with E-state index >= 15 is 0 Å². The molecule has 0 N–H and O–H groups in total. The van der Waals surface area contributed by atoms with Crippen LogP contribution in [0.1, 0.15) is 24.8 Å². The van der Waals surface area contributed by atoms with Gasteiger partial charge in [-0.25, -0.2) is 17.2 Å². The zero-order valence-corrected chi connectivity index (χ0v) is 10.2. The molecule has 0 saturated heterocycles. The maximum Gasteiger partial charge on any atom is 0.172 e. The fraction of sp³-hybridized carbons (Fsp3) is 0.333. The Morgan fingerprint density at radius 3 is 2.53 bits per heavy atom. The van der Waals surface area contributed by atoms with Crippen molar-refractivity contribution in [3.05, 3.63) is 40.3 Å². The number of allylic oxidation sites excluding steroid dienone is 2. The number of hydrogen-bond acceptors (Lipinski definition) is 2. The van der Waals surface area contributed by atoms with Crippen LogP contribution in [0.25, 0.3) is 5.57 Å². The highest BCUT2D eigenvalue weighted by Gasteiger charge is 2.25. The molecule has 0 heterocycles. The van der Waals surface area contributed by atoms with Gasteiger partial charge in [-0.15, -0.1) is 0 Å². The standard InChI is InChI=1S/C12H12F2O2S/c1-17(15,16)11-7-3-4-8(11)9-5-2-6-10(13)12(9)14/h2,5-6H,3-4,7H2,1H3. The maximum atomic E-state index is 13.6. The fourth-order valence-corrected chi connectivity index (χ4v) is 3.32. The van der Waals surface area contributed by atoms with Gasteiger partial charge in [-0.05, 0) is 30.9 Å². The van der Waals surface area contributed by atoms with E-state index in [9.17, 15) is 17.2 Å². The molecule has 1 aliphatic rings. The lowest BCUT2D eigenvalue weighted by Gasteiger charge is -2.07. The van der Waals surface area contributed by atoms with Crippen LogP contribution in [0.4, 0.5) is 8.78 Å². The zero-order valence-electron chi connectivity index (χ0n) is 9.33. The van der Waals surface area contributed by atoms with Gasteiger partial charge >= 0.3 is 0 Å². The summed E-state index contributed by atoms with van der Waals surface area (Å²) in [5, 5.41) is 0. The number of hydrogen-bond donors (Lipinski definition) is 0. The lowest BCUT2D eigenvalue weighted by molar-refractivity contribution is 0.506. The van der Waals surface area contributed by atoms with Crippen LogP contribution in [-0.2, 0) is 9.84 Å². The van der Waals surface area contributed by atoms with Crippen LogP contribution in [0, 0.1) is 11.6 Å².